The van der Waals surface area contributed by atoms with Crippen LogP contribution in [0.4, 0.5) is 4.79 Å². The summed E-state index contributed by atoms with van der Waals surface area (Å²) in [6, 6.07) is -0.0693. The monoisotopic (exact) mass is 211 g/mol. The third kappa shape index (κ3) is 1.82. The smallest absolute Gasteiger partial charge is 0.409 e. The van der Waals surface area contributed by atoms with Gasteiger partial charge in [-0.05, 0) is 18.9 Å². The standard InChI is InChI=1S/C10H13NO4/c1-14-10(13)11-6-2-3-7(11)8-4-5-9(12)15-8/h4-5,7-8H,2-3,6H2,1H3/t7-,8+/m1/s1. The predicted molar refractivity (Wildman–Crippen MR) is 51.2 cm³/mol. The quantitative estimate of drug-likeness (QED) is 0.599. The van der Waals surface area contributed by atoms with Crippen LogP contribution >= 0.6 is 0 Å². The maximum atomic E-state index is 11.4. The summed E-state index contributed by atoms with van der Waals surface area (Å²) in [7, 11) is 1.36. The fourth-order valence-electron chi connectivity index (χ4n) is 2.07. The molecule has 0 spiro atoms. The van der Waals surface area contributed by atoms with Gasteiger partial charge in [0.2, 0.25) is 0 Å². The summed E-state index contributed by atoms with van der Waals surface area (Å²) in [4.78, 5) is 23.9. The molecule has 0 radical (unpaired) electrons. The largest absolute Gasteiger partial charge is 0.453 e. The van der Waals surface area contributed by atoms with E-state index in [1.807, 2.05) is 0 Å². The molecular formula is C10H13NO4. The average Bonchev–Trinajstić information content (AvgIpc) is 2.84. The molecule has 2 aliphatic heterocycles. The van der Waals surface area contributed by atoms with E-state index in [0.29, 0.717) is 6.54 Å². The maximum absolute atomic E-state index is 11.4. The maximum Gasteiger partial charge on any atom is 0.409 e. The van der Waals surface area contributed by atoms with Crippen LogP contribution in [-0.2, 0) is 14.3 Å². The van der Waals surface area contributed by atoms with Crippen LogP contribution in [0.25, 0.3) is 0 Å². The van der Waals surface area contributed by atoms with Crippen LogP contribution in [0.5, 0.6) is 0 Å². The van der Waals surface area contributed by atoms with Gasteiger partial charge in [-0.25, -0.2) is 9.59 Å². The second kappa shape index (κ2) is 3.92. The fourth-order valence-corrected chi connectivity index (χ4v) is 2.07. The number of esters is 1. The van der Waals surface area contributed by atoms with Gasteiger partial charge in [0.1, 0.15) is 6.10 Å². The number of likely N-dealkylation sites (tertiary alicyclic amines) is 1. The molecule has 0 saturated carbocycles. The number of amides is 1. The van der Waals surface area contributed by atoms with Gasteiger partial charge >= 0.3 is 12.1 Å². The van der Waals surface area contributed by atoms with Gasteiger partial charge in [0.25, 0.3) is 0 Å². The molecule has 2 aliphatic rings. The lowest BCUT2D eigenvalue weighted by molar-refractivity contribution is -0.140. The van der Waals surface area contributed by atoms with Crippen LogP contribution in [0.2, 0.25) is 0 Å². The van der Waals surface area contributed by atoms with E-state index in [-0.39, 0.29) is 24.2 Å². The lowest BCUT2D eigenvalue weighted by Crippen LogP contribution is -2.42. The van der Waals surface area contributed by atoms with E-state index in [1.54, 1.807) is 11.0 Å². The number of methoxy groups -OCH3 is 1. The van der Waals surface area contributed by atoms with Crippen LogP contribution in [0.3, 0.4) is 0 Å². The highest BCUT2D eigenvalue weighted by Crippen LogP contribution is 2.25. The number of carbonyl (C=O) groups is 2. The first-order chi connectivity index (χ1) is 7.22. The third-order valence-corrected chi connectivity index (χ3v) is 2.76. The zero-order valence-electron chi connectivity index (χ0n) is 8.51. The molecule has 5 heteroatoms. The number of cyclic esters (lactones) is 1. The van der Waals surface area contributed by atoms with E-state index in [9.17, 15) is 9.59 Å². The van der Waals surface area contributed by atoms with E-state index in [2.05, 4.69) is 4.74 Å². The molecule has 0 aromatic carbocycles. The van der Waals surface area contributed by atoms with Crippen molar-refractivity contribution in [3.63, 3.8) is 0 Å². The lowest BCUT2D eigenvalue weighted by Gasteiger charge is -2.26. The Balaban J connectivity index is 2.05. The molecule has 0 aromatic rings. The van der Waals surface area contributed by atoms with Gasteiger partial charge in [0.05, 0.1) is 13.2 Å². The Morgan fingerprint density at radius 3 is 3.07 bits per heavy atom. The molecule has 5 nitrogen and oxygen atoms in total. The SMILES string of the molecule is COC(=O)N1CCC[C@@H]1[C@@H]1C=CC(=O)O1. The van der Waals surface area contributed by atoms with Crippen molar-refractivity contribution in [1.29, 1.82) is 0 Å². The Morgan fingerprint density at radius 2 is 2.47 bits per heavy atom. The van der Waals surface area contributed by atoms with Crippen LogP contribution in [-0.4, -0.2) is 42.8 Å². The molecular weight excluding hydrogens is 198 g/mol. The van der Waals surface area contributed by atoms with Gasteiger partial charge in [0, 0.05) is 12.6 Å². The van der Waals surface area contributed by atoms with E-state index in [1.165, 1.54) is 13.2 Å². The Labute approximate surface area is 87.6 Å². The van der Waals surface area contributed by atoms with Crippen molar-refractivity contribution in [3.05, 3.63) is 12.2 Å². The Kier molecular flexibility index (Phi) is 2.62. The van der Waals surface area contributed by atoms with Gasteiger partial charge in [0.15, 0.2) is 0 Å². The first-order valence-electron chi connectivity index (χ1n) is 4.96. The summed E-state index contributed by atoms with van der Waals surface area (Å²) in [5, 5.41) is 0. The summed E-state index contributed by atoms with van der Waals surface area (Å²) in [5.41, 5.74) is 0. The van der Waals surface area contributed by atoms with Crippen molar-refractivity contribution in [3.8, 4) is 0 Å². The molecule has 15 heavy (non-hydrogen) atoms. The molecule has 0 N–H and O–H groups in total. The normalized spacial score (nSPS) is 29.4. The predicted octanol–water partition coefficient (Wildman–Crippen LogP) is 0.699. The van der Waals surface area contributed by atoms with Crippen LogP contribution < -0.4 is 0 Å². The van der Waals surface area contributed by atoms with Gasteiger partial charge in [-0.1, -0.05) is 0 Å². The molecule has 0 aromatic heterocycles. The molecule has 0 aliphatic carbocycles. The zero-order valence-corrected chi connectivity index (χ0v) is 8.51. The molecule has 2 heterocycles. The highest BCUT2D eigenvalue weighted by molar-refractivity contribution is 5.84. The number of carbonyl (C=O) groups excluding carboxylic acids is 2. The molecule has 82 valence electrons. The highest BCUT2D eigenvalue weighted by atomic mass is 16.6. The van der Waals surface area contributed by atoms with E-state index in [0.717, 1.165) is 12.8 Å². The van der Waals surface area contributed by atoms with Crippen molar-refractivity contribution in [1.82, 2.24) is 4.90 Å². The van der Waals surface area contributed by atoms with E-state index >= 15 is 0 Å². The minimum Gasteiger partial charge on any atom is -0.453 e. The van der Waals surface area contributed by atoms with Crippen molar-refractivity contribution < 1.29 is 19.1 Å². The minimum absolute atomic E-state index is 0.0693. The summed E-state index contributed by atoms with van der Waals surface area (Å²) < 4.78 is 9.74. The zero-order chi connectivity index (χ0) is 10.8. The summed E-state index contributed by atoms with van der Waals surface area (Å²) in [6.07, 6.45) is 4.21. The van der Waals surface area contributed by atoms with Crippen molar-refractivity contribution in [2.75, 3.05) is 13.7 Å². The Morgan fingerprint density at radius 1 is 1.67 bits per heavy atom. The minimum atomic E-state index is -0.353. The van der Waals surface area contributed by atoms with Crippen LogP contribution in [0.15, 0.2) is 12.2 Å². The number of hydrogen-bond donors (Lipinski definition) is 0. The van der Waals surface area contributed by atoms with Gasteiger partial charge in [-0.3, -0.25) is 0 Å². The molecule has 1 saturated heterocycles. The Hall–Kier alpha value is -1.52. The second-order valence-electron chi connectivity index (χ2n) is 3.63. The first-order valence-corrected chi connectivity index (χ1v) is 4.96. The van der Waals surface area contributed by atoms with E-state index < -0.39 is 0 Å². The number of rotatable bonds is 1. The van der Waals surface area contributed by atoms with Crippen molar-refractivity contribution in [2.24, 2.45) is 0 Å². The lowest BCUT2D eigenvalue weighted by atomic mass is 10.1. The molecule has 2 atom stereocenters. The summed E-state index contributed by atoms with van der Waals surface area (Å²) in [6.45, 7) is 0.666. The fraction of sp³-hybridized carbons (Fsp3) is 0.600. The van der Waals surface area contributed by atoms with Crippen molar-refractivity contribution >= 4 is 12.1 Å². The number of ether oxygens (including phenoxy) is 2. The average molecular weight is 211 g/mol. The van der Waals surface area contributed by atoms with Gasteiger partial charge in [-0.15, -0.1) is 0 Å². The van der Waals surface area contributed by atoms with Crippen LogP contribution in [0.1, 0.15) is 12.8 Å². The highest BCUT2D eigenvalue weighted by Gasteiger charge is 2.37. The van der Waals surface area contributed by atoms with Crippen LogP contribution in [0, 0.1) is 0 Å². The molecule has 0 bridgehead atoms. The second-order valence-corrected chi connectivity index (χ2v) is 3.63. The van der Waals surface area contributed by atoms with Gasteiger partial charge in [-0.2, -0.15) is 0 Å². The molecule has 1 amide bonds. The third-order valence-electron chi connectivity index (χ3n) is 2.76. The number of hydrogen-bond acceptors (Lipinski definition) is 4. The van der Waals surface area contributed by atoms with E-state index in [4.69, 9.17) is 4.74 Å². The molecule has 0 unspecified atom stereocenters. The van der Waals surface area contributed by atoms with Crippen molar-refractivity contribution in [2.45, 2.75) is 25.0 Å². The molecule has 1 fully saturated rings. The summed E-state index contributed by atoms with van der Waals surface area (Å²) in [5.74, 6) is -0.336. The van der Waals surface area contributed by atoms with Gasteiger partial charge < -0.3 is 14.4 Å². The summed E-state index contributed by atoms with van der Waals surface area (Å²) >= 11 is 0. The first kappa shape index (κ1) is 10.0. The Bertz CT molecular complexity index is 313. The number of nitrogens with zero attached hydrogens (tertiary/aromatic N) is 1. The topological polar surface area (TPSA) is 55.8 Å². The molecule has 2 rings (SSSR count).